The predicted molar refractivity (Wildman–Crippen MR) is 135 cm³/mol. The number of para-hydroxylation sites is 1. The molecule has 1 atom stereocenters. The zero-order valence-corrected chi connectivity index (χ0v) is 21.5. The van der Waals surface area contributed by atoms with Crippen molar-refractivity contribution in [2.45, 2.75) is 24.2 Å². The molecule has 0 saturated carbocycles. The van der Waals surface area contributed by atoms with Crippen molar-refractivity contribution in [1.29, 1.82) is 0 Å². The van der Waals surface area contributed by atoms with Crippen LogP contribution in [0, 0.1) is 0 Å². The molecule has 37 heavy (non-hydrogen) atoms. The van der Waals surface area contributed by atoms with Crippen LogP contribution in [0.4, 0.5) is 23.7 Å². The van der Waals surface area contributed by atoms with E-state index in [-0.39, 0.29) is 37.5 Å². The summed E-state index contributed by atoms with van der Waals surface area (Å²) in [6.45, 7) is 1.04. The molecule has 3 N–H and O–H groups in total. The van der Waals surface area contributed by atoms with Gasteiger partial charge in [-0.2, -0.15) is 0 Å². The first-order valence-corrected chi connectivity index (χ1v) is 13.1. The van der Waals surface area contributed by atoms with Crippen molar-refractivity contribution in [1.82, 2.24) is 5.32 Å². The SMILES string of the molecule is CCS(=O)(=O)c1ccc(C(CO)NC(=O)Nc2cc(Cl)c(-c3ccccc3OC(F)(F)F)c(Cl)c2)cc1. The van der Waals surface area contributed by atoms with Gasteiger partial charge in [-0.3, -0.25) is 0 Å². The minimum Gasteiger partial charge on any atom is -0.405 e. The van der Waals surface area contributed by atoms with Crippen molar-refractivity contribution in [3.8, 4) is 16.9 Å². The van der Waals surface area contributed by atoms with Gasteiger partial charge in [0.2, 0.25) is 0 Å². The third kappa shape index (κ3) is 7.29. The van der Waals surface area contributed by atoms with Crippen LogP contribution in [0.15, 0.2) is 65.6 Å². The first-order chi connectivity index (χ1) is 17.3. The standard InChI is InChI=1S/C24H21Cl2F3N2O5S/c1-2-37(34,35)16-9-7-14(8-10-16)20(13-32)31-23(33)30-15-11-18(25)22(19(26)12-15)17-5-3-4-6-21(17)36-24(27,28)29/h3-12,20,32H,2,13H2,1H3,(H2,30,31,33). The Kier molecular flexibility index (Phi) is 8.96. The molecule has 0 saturated heterocycles. The molecule has 2 amide bonds. The number of aliphatic hydroxyl groups excluding tert-OH is 1. The number of alkyl halides is 3. The molecule has 0 radical (unpaired) electrons. The van der Waals surface area contributed by atoms with Gasteiger partial charge in [0.25, 0.3) is 0 Å². The number of halogens is 5. The van der Waals surface area contributed by atoms with E-state index < -0.39 is 40.6 Å². The van der Waals surface area contributed by atoms with Gasteiger partial charge in [0.15, 0.2) is 9.84 Å². The van der Waals surface area contributed by atoms with Gasteiger partial charge in [-0.15, -0.1) is 13.2 Å². The van der Waals surface area contributed by atoms with Crippen molar-refractivity contribution >= 4 is 44.8 Å². The Hall–Kier alpha value is -2.99. The highest BCUT2D eigenvalue weighted by molar-refractivity contribution is 7.91. The molecule has 0 aliphatic rings. The van der Waals surface area contributed by atoms with E-state index in [2.05, 4.69) is 15.4 Å². The Balaban J connectivity index is 1.78. The van der Waals surface area contributed by atoms with Gasteiger partial charge in [0, 0.05) is 16.8 Å². The highest BCUT2D eigenvalue weighted by Crippen LogP contribution is 2.42. The van der Waals surface area contributed by atoms with Crippen LogP contribution in [0.2, 0.25) is 10.0 Å². The fourth-order valence-electron chi connectivity index (χ4n) is 3.42. The third-order valence-electron chi connectivity index (χ3n) is 5.19. The normalized spacial score (nSPS) is 12.6. The van der Waals surface area contributed by atoms with Crippen LogP contribution in [0.3, 0.4) is 0 Å². The van der Waals surface area contributed by atoms with Gasteiger partial charge < -0.3 is 20.5 Å². The van der Waals surface area contributed by atoms with Crippen molar-refractivity contribution in [3.63, 3.8) is 0 Å². The van der Waals surface area contributed by atoms with Crippen LogP contribution < -0.4 is 15.4 Å². The van der Waals surface area contributed by atoms with Crippen LogP contribution in [-0.2, 0) is 9.84 Å². The second-order valence-electron chi connectivity index (χ2n) is 7.66. The topological polar surface area (TPSA) is 105 Å². The summed E-state index contributed by atoms with van der Waals surface area (Å²) in [6, 6.07) is 12.0. The second-order valence-corrected chi connectivity index (χ2v) is 10.8. The van der Waals surface area contributed by atoms with Gasteiger partial charge in [-0.25, -0.2) is 13.2 Å². The lowest BCUT2D eigenvalue weighted by atomic mass is 10.0. The summed E-state index contributed by atoms with van der Waals surface area (Å²) in [6.07, 6.45) is -4.93. The number of ether oxygens (including phenoxy) is 1. The number of rotatable bonds is 8. The summed E-state index contributed by atoms with van der Waals surface area (Å²) in [5.41, 5.74) is 0.663. The Bertz CT molecular complexity index is 1360. The zero-order chi connectivity index (χ0) is 27.4. The molecule has 0 aliphatic heterocycles. The molecular formula is C24H21Cl2F3N2O5S. The minimum absolute atomic E-state index is 0.000273. The van der Waals surface area contributed by atoms with E-state index in [0.29, 0.717) is 5.56 Å². The average molecular weight is 577 g/mol. The molecule has 0 bridgehead atoms. The van der Waals surface area contributed by atoms with Crippen LogP contribution in [-0.4, -0.2) is 38.3 Å². The molecule has 0 aliphatic carbocycles. The van der Waals surface area contributed by atoms with Crippen LogP contribution in [0.25, 0.3) is 11.1 Å². The Morgan fingerprint density at radius 2 is 1.65 bits per heavy atom. The number of nitrogens with one attached hydrogen (secondary N) is 2. The maximum atomic E-state index is 12.8. The Morgan fingerprint density at radius 3 is 2.19 bits per heavy atom. The number of carbonyl (C=O) groups excluding carboxylic acids is 1. The van der Waals surface area contributed by atoms with Crippen molar-refractivity contribution < 1.29 is 36.2 Å². The Morgan fingerprint density at radius 1 is 1.05 bits per heavy atom. The summed E-state index contributed by atoms with van der Waals surface area (Å²) < 4.78 is 66.4. The van der Waals surface area contributed by atoms with E-state index in [4.69, 9.17) is 23.2 Å². The van der Waals surface area contributed by atoms with Crippen molar-refractivity contribution in [3.05, 3.63) is 76.3 Å². The lowest BCUT2D eigenvalue weighted by Gasteiger charge is -2.19. The first-order valence-electron chi connectivity index (χ1n) is 10.7. The predicted octanol–water partition coefficient (Wildman–Crippen LogP) is 6.21. The number of hydrogen-bond donors (Lipinski definition) is 3. The molecule has 3 rings (SSSR count). The molecule has 0 aromatic heterocycles. The molecule has 3 aromatic rings. The van der Waals surface area contributed by atoms with Gasteiger partial charge in [-0.05, 0) is 35.9 Å². The summed E-state index contributed by atoms with van der Waals surface area (Å²) in [5.74, 6) is -0.567. The molecule has 0 heterocycles. The van der Waals surface area contributed by atoms with Crippen LogP contribution in [0.5, 0.6) is 5.75 Å². The highest BCUT2D eigenvalue weighted by atomic mass is 35.5. The fourth-order valence-corrected chi connectivity index (χ4v) is 5.00. The van der Waals surface area contributed by atoms with Gasteiger partial charge in [0.1, 0.15) is 5.75 Å². The quantitative estimate of drug-likeness (QED) is 0.296. The van der Waals surface area contributed by atoms with Gasteiger partial charge >= 0.3 is 12.4 Å². The lowest BCUT2D eigenvalue weighted by molar-refractivity contribution is -0.274. The lowest BCUT2D eigenvalue weighted by Crippen LogP contribution is -2.34. The fraction of sp³-hybridized carbons (Fsp3) is 0.208. The van der Waals surface area contributed by atoms with Crippen molar-refractivity contribution in [2.75, 3.05) is 17.7 Å². The molecule has 1 unspecified atom stereocenters. The van der Waals surface area contributed by atoms with E-state index in [9.17, 15) is 31.5 Å². The summed E-state index contributed by atoms with van der Waals surface area (Å²) in [4.78, 5) is 12.7. The summed E-state index contributed by atoms with van der Waals surface area (Å²) in [7, 11) is -3.41. The van der Waals surface area contributed by atoms with Gasteiger partial charge in [-0.1, -0.05) is 60.5 Å². The maximum absolute atomic E-state index is 12.8. The highest BCUT2D eigenvalue weighted by Gasteiger charge is 2.32. The average Bonchev–Trinajstić information content (AvgIpc) is 2.82. The second kappa shape index (κ2) is 11.6. The molecule has 198 valence electrons. The number of urea groups is 1. The molecule has 7 nitrogen and oxygen atoms in total. The Labute approximate surface area is 221 Å². The number of amides is 2. The summed E-state index contributed by atoms with van der Waals surface area (Å²) in [5, 5.41) is 14.7. The molecule has 0 fully saturated rings. The monoisotopic (exact) mass is 576 g/mol. The first kappa shape index (κ1) is 28.6. The van der Waals surface area contributed by atoms with E-state index in [1.165, 1.54) is 61.5 Å². The number of benzene rings is 3. The molecule has 3 aromatic carbocycles. The number of anilines is 1. The van der Waals surface area contributed by atoms with Crippen LogP contribution >= 0.6 is 23.2 Å². The van der Waals surface area contributed by atoms with E-state index in [0.717, 1.165) is 6.07 Å². The molecule has 13 heteroatoms. The van der Waals surface area contributed by atoms with Gasteiger partial charge in [0.05, 0.1) is 33.3 Å². The molecule has 0 spiro atoms. The molecular weight excluding hydrogens is 556 g/mol. The smallest absolute Gasteiger partial charge is 0.405 e. The summed E-state index contributed by atoms with van der Waals surface area (Å²) >= 11 is 12.6. The minimum atomic E-state index is -4.93. The van der Waals surface area contributed by atoms with E-state index in [1.54, 1.807) is 0 Å². The van der Waals surface area contributed by atoms with Crippen molar-refractivity contribution in [2.24, 2.45) is 0 Å². The number of carbonyl (C=O) groups is 1. The maximum Gasteiger partial charge on any atom is 0.573 e. The largest absolute Gasteiger partial charge is 0.573 e. The number of aliphatic hydroxyl groups is 1. The zero-order valence-electron chi connectivity index (χ0n) is 19.1. The van der Waals surface area contributed by atoms with E-state index in [1.807, 2.05) is 0 Å². The van der Waals surface area contributed by atoms with E-state index >= 15 is 0 Å². The number of sulfone groups is 1. The van der Waals surface area contributed by atoms with Crippen LogP contribution in [0.1, 0.15) is 18.5 Å². The number of hydrogen-bond acceptors (Lipinski definition) is 5. The third-order valence-corrected chi connectivity index (χ3v) is 7.54.